The summed E-state index contributed by atoms with van der Waals surface area (Å²) in [5, 5.41) is 0. The number of methoxy groups -OCH3 is 4. The summed E-state index contributed by atoms with van der Waals surface area (Å²) in [6.45, 7) is 0. The van der Waals surface area contributed by atoms with E-state index in [4.69, 9.17) is 23.5 Å². The van der Waals surface area contributed by atoms with Gasteiger partial charge in [0.1, 0.15) is 0 Å². The standard InChI is InChI=1S/C21H23O9P/c1-26-17-8-5-12(9-18(17)30-31(23,24)25)15-10-13(22)6-7-14-16(15)11-19(27-2)21(29-4)20(14)28-3/h5,8-11H,6-7H2,1-4H3,(H2,23,24,25). The van der Waals surface area contributed by atoms with Crippen molar-refractivity contribution in [3.63, 3.8) is 0 Å². The van der Waals surface area contributed by atoms with Gasteiger partial charge in [-0.05, 0) is 47.4 Å². The lowest BCUT2D eigenvalue weighted by Gasteiger charge is -2.20. The van der Waals surface area contributed by atoms with Crippen molar-refractivity contribution in [1.82, 2.24) is 0 Å². The SMILES string of the molecule is COc1ccc(C2=CC(=O)CCc3c2cc(OC)c(OC)c3OC)cc1OP(=O)(O)O. The summed E-state index contributed by atoms with van der Waals surface area (Å²) in [4.78, 5) is 31.0. The molecule has 0 spiro atoms. The molecular formula is C21H23O9P. The van der Waals surface area contributed by atoms with E-state index in [-0.39, 0.29) is 23.7 Å². The number of fused-ring (bicyclic) bond motifs is 1. The van der Waals surface area contributed by atoms with E-state index in [2.05, 4.69) is 0 Å². The van der Waals surface area contributed by atoms with Gasteiger partial charge in [0.15, 0.2) is 28.8 Å². The predicted molar refractivity (Wildman–Crippen MR) is 112 cm³/mol. The Hall–Kier alpha value is -3.00. The first-order chi connectivity index (χ1) is 14.7. The molecule has 3 rings (SSSR count). The van der Waals surface area contributed by atoms with Crippen LogP contribution in [0.2, 0.25) is 0 Å². The van der Waals surface area contributed by atoms with Crippen LogP contribution >= 0.6 is 7.82 Å². The molecule has 2 aromatic rings. The molecule has 0 atom stereocenters. The lowest BCUT2D eigenvalue weighted by atomic mass is 9.92. The van der Waals surface area contributed by atoms with Gasteiger partial charge in [0.25, 0.3) is 0 Å². The second-order valence-electron chi connectivity index (χ2n) is 6.64. The van der Waals surface area contributed by atoms with Crippen molar-refractivity contribution >= 4 is 19.2 Å². The highest BCUT2D eigenvalue weighted by Gasteiger charge is 2.27. The molecule has 0 unspecified atom stereocenters. The van der Waals surface area contributed by atoms with Crippen molar-refractivity contribution in [2.45, 2.75) is 12.8 Å². The molecule has 166 valence electrons. The highest BCUT2D eigenvalue weighted by Crippen LogP contribution is 2.48. The fourth-order valence-electron chi connectivity index (χ4n) is 3.55. The molecule has 0 aromatic heterocycles. The van der Waals surface area contributed by atoms with Crippen LogP contribution in [0.5, 0.6) is 28.7 Å². The third-order valence-corrected chi connectivity index (χ3v) is 5.28. The Morgan fingerprint density at radius 2 is 1.52 bits per heavy atom. The maximum absolute atomic E-state index is 12.5. The first-order valence-corrected chi connectivity index (χ1v) is 10.8. The quantitative estimate of drug-likeness (QED) is 0.613. The molecule has 0 radical (unpaired) electrons. The minimum Gasteiger partial charge on any atom is -0.493 e. The summed E-state index contributed by atoms with van der Waals surface area (Å²) < 4.78 is 37.8. The average molecular weight is 450 g/mol. The summed E-state index contributed by atoms with van der Waals surface area (Å²) in [7, 11) is 1.02. The fourth-order valence-corrected chi connectivity index (χ4v) is 3.94. The van der Waals surface area contributed by atoms with Gasteiger partial charge in [-0.3, -0.25) is 14.6 Å². The van der Waals surface area contributed by atoms with Crippen molar-refractivity contribution in [1.29, 1.82) is 0 Å². The third-order valence-electron chi connectivity index (χ3n) is 4.84. The Morgan fingerprint density at radius 3 is 2.10 bits per heavy atom. The number of allylic oxidation sites excluding steroid dienone is 1. The number of phosphoric ester groups is 1. The van der Waals surface area contributed by atoms with Crippen LogP contribution in [0.15, 0.2) is 30.3 Å². The van der Waals surface area contributed by atoms with Gasteiger partial charge in [-0.25, -0.2) is 4.57 Å². The van der Waals surface area contributed by atoms with Gasteiger partial charge in [-0.2, -0.15) is 0 Å². The molecule has 31 heavy (non-hydrogen) atoms. The van der Waals surface area contributed by atoms with Gasteiger partial charge >= 0.3 is 7.82 Å². The number of ketones is 1. The van der Waals surface area contributed by atoms with E-state index in [1.807, 2.05) is 0 Å². The number of ether oxygens (including phenoxy) is 4. The van der Waals surface area contributed by atoms with Gasteiger partial charge in [-0.1, -0.05) is 6.07 Å². The molecule has 10 heteroatoms. The molecule has 0 amide bonds. The van der Waals surface area contributed by atoms with Crippen molar-refractivity contribution < 1.29 is 42.6 Å². The number of benzene rings is 2. The van der Waals surface area contributed by atoms with Crippen LogP contribution in [0.1, 0.15) is 23.1 Å². The zero-order valence-corrected chi connectivity index (χ0v) is 18.4. The van der Waals surface area contributed by atoms with E-state index in [1.54, 1.807) is 12.1 Å². The van der Waals surface area contributed by atoms with E-state index in [9.17, 15) is 19.1 Å². The first-order valence-electron chi connectivity index (χ1n) is 9.22. The summed E-state index contributed by atoms with van der Waals surface area (Å²) in [6, 6.07) is 6.33. The zero-order valence-electron chi connectivity index (χ0n) is 17.5. The molecule has 1 aliphatic carbocycles. The second kappa shape index (κ2) is 9.01. The van der Waals surface area contributed by atoms with E-state index in [0.717, 1.165) is 5.56 Å². The number of rotatable bonds is 7. The largest absolute Gasteiger partial charge is 0.524 e. The van der Waals surface area contributed by atoms with Crippen LogP contribution in [-0.4, -0.2) is 44.0 Å². The van der Waals surface area contributed by atoms with Crippen LogP contribution in [0.3, 0.4) is 0 Å². The van der Waals surface area contributed by atoms with Crippen LogP contribution < -0.4 is 23.5 Å². The van der Waals surface area contributed by atoms with Crippen LogP contribution in [0, 0.1) is 0 Å². The highest BCUT2D eigenvalue weighted by atomic mass is 31.2. The van der Waals surface area contributed by atoms with Crippen molar-refractivity contribution in [3.8, 4) is 28.7 Å². The first kappa shape index (κ1) is 22.7. The normalized spacial score (nSPS) is 13.6. The number of phosphoric acid groups is 1. The summed E-state index contributed by atoms with van der Waals surface area (Å²) in [6.07, 6.45) is 2.16. The number of carbonyl (C=O) groups excluding carboxylic acids is 1. The Kier molecular flexibility index (Phi) is 6.59. The lowest BCUT2D eigenvalue weighted by Crippen LogP contribution is -2.03. The summed E-state index contributed by atoms with van der Waals surface area (Å²) in [5.74, 6) is 1.16. The number of hydrogen-bond donors (Lipinski definition) is 2. The highest BCUT2D eigenvalue weighted by molar-refractivity contribution is 7.46. The number of hydrogen-bond acceptors (Lipinski definition) is 7. The lowest BCUT2D eigenvalue weighted by molar-refractivity contribution is -0.114. The molecule has 0 saturated heterocycles. The van der Waals surface area contributed by atoms with E-state index >= 15 is 0 Å². The molecule has 0 fully saturated rings. The smallest absolute Gasteiger partial charge is 0.493 e. The maximum atomic E-state index is 12.5. The molecular weight excluding hydrogens is 427 g/mol. The Morgan fingerprint density at radius 1 is 0.839 bits per heavy atom. The molecule has 2 aromatic carbocycles. The maximum Gasteiger partial charge on any atom is 0.524 e. The Balaban J connectivity index is 2.26. The fraction of sp³-hybridized carbons (Fsp3) is 0.286. The van der Waals surface area contributed by atoms with Gasteiger partial charge in [0, 0.05) is 12.0 Å². The van der Waals surface area contributed by atoms with Crippen LogP contribution in [-0.2, 0) is 15.8 Å². The molecule has 0 aliphatic heterocycles. The summed E-state index contributed by atoms with van der Waals surface area (Å²) in [5.41, 5.74) is 2.45. The van der Waals surface area contributed by atoms with Crippen molar-refractivity contribution in [3.05, 3.63) is 47.0 Å². The Labute approximate surface area is 179 Å². The topological polar surface area (TPSA) is 121 Å². The van der Waals surface area contributed by atoms with E-state index < -0.39 is 7.82 Å². The predicted octanol–water partition coefficient (Wildman–Crippen LogP) is 3.14. The third kappa shape index (κ3) is 4.69. The average Bonchev–Trinajstić information content (AvgIpc) is 2.89. The molecule has 1 aliphatic rings. The van der Waals surface area contributed by atoms with Crippen molar-refractivity contribution in [2.24, 2.45) is 0 Å². The van der Waals surface area contributed by atoms with Gasteiger partial charge < -0.3 is 23.5 Å². The minimum atomic E-state index is -4.83. The van der Waals surface area contributed by atoms with Gasteiger partial charge in [0.2, 0.25) is 5.75 Å². The number of carbonyl (C=O) groups is 1. The van der Waals surface area contributed by atoms with Crippen molar-refractivity contribution in [2.75, 3.05) is 28.4 Å². The Bertz CT molecular complexity index is 1080. The van der Waals surface area contributed by atoms with Gasteiger partial charge in [0.05, 0.1) is 28.4 Å². The summed E-state index contributed by atoms with van der Waals surface area (Å²) >= 11 is 0. The monoisotopic (exact) mass is 450 g/mol. The molecule has 9 nitrogen and oxygen atoms in total. The van der Waals surface area contributed by atoms with E-state index in [0.29, 0.717) is 40.4 Å². The van der Waals surface area contributed by atoms with Gasteiger partial charge in [-0.15, -0.1) is 0 Å². The second-order valence-corrected chi connectivity index (χ2v) is 7.81. The molecule has 2 N–H and O–H groups in total. The van der Waals surface area contributed by atoms with Crippen LogP contribution in [0.25, 0.3) is 5.57 Å². The zero-order chi connectivity index (χ0) is 22.8. The molecule has 0 saturated carbocycles. The molecule has 0 bridgehead atoms. The molecule has 0 heterocycles. The minimum absolute atomic E-state index is 0.112. The van der Waals surface area contributed by atoms with Crippen LogP contribution in [0.4, 0.5) is 0 Å². The van der Waals surface area contributed by atoms with E-state index in [1.165, 1.54) is 46.6 Å².